The average Bonchev–Trinajstić information content (AvgIpc) is 2.46. The Bertz CT molecular complexity index is 563. The van der Waals surface area contributed by atoms with Crippen molar-refractivity contribution in [3.05, 3.63) is 65.2 Å². The second-order valence-electron chi connectivity index (χ2n) is 5.22. The Hall–Kier alpha value is -1.80. The lowest BCUT2D eigenvalue weighted by Crippen LogP contribution is -2.29. The highest BCUT2D eigenvalue weighted by Gasteiger charge is 2.20. The van der Waals surface area contributed by atoms with E-state index >= 15 is 0 Å². The van der Waals surface area contributed by atoms with Crippen molar-refractivity contribution in [2.24, 2.45) is 5.73 Å². The maximum Gasteiger partial charge on any atom is 0.139 e. The van der Waals surface area contributed by atoms with Crippen LogP contribution in [-0.2, 0) is 6.42 Å². The van der Waals surface area contributed by atoms with E-state index in [0.29, 0.717) is 0 Å². The molecule has 0 radical (unpaired) electrons. The lowest BCUT2D eigenvalue weighted by atomic mass is 9.99. The summed E-state index contributed by atoms with van der Waals surface area (Å²) in [4.78, 5) is 0. The van der Waals surface area contributed by atoms with Crippen molar-refractivity contribution < 1.29 is 4.74 Å². The maximum atomic E-state index is 6.24. The van der Waals surface area contributed by atoms with E-state index < -0.39 is 0 Å². The number of nitrogens with two attached hydrogens (primary N) is 1. The van der Waals surface area contributed by atoms with Gasteiger partial charge in [0.05, 0.1) is 0 Å². The van der Waals surface area contributed by atoms with Gasteiger partial charge < -0.3 is 10.5 Å². The molecule has 0 aliphatic heterocycles. The van der Waals surface area contributed by atoms with Crippen LogP contribution in [0.25, 0.3) is 0 Å². The van der Waals surface area contributed by atoms with Gasteiger partial charge in [0, 0.05) is 6.04 Å². The van der Waals surface area contributed by atoms with Crippen LogP contribution in [0.5, 0.6) is 5.75 Å². The molecule has 0 amide bonds. The molecule has 2 rings (SSSR count). The molecule has 2 aromatic rings. The number of benzene rings is 2. The summed E-state index contributed by atoms with van der Waals surface area (Å²) in [5.74, 6) is 0.931. The molecule has 20 heavy (non-hydrogen) atoms. The van der Waals surface area contributed by atoms with Crippen molar-refractivity contribution in [3.63, 3.8) is 0 Å². The summed E-state index contributed by atoms with van der Waals surface area (Å²) >= 11 is 0. The molecule has 2 heteroatoms. The highest BCUT2D eigenvalue weighted by atomic mass is 16.5. The van der Waals surface area contributed by atoms with Crippen molar-refractivity contribution in [2.45, 2.75) is 39.3 Å². The van der Waals surface area contributed by atoms with Crippen LogP contribution in [0.4, 0.5) is 0 Å². The normalized spacial score (nSPS) is 13.8. The summed E-state index contributed by atoms with van der Waals surface area (Å²) in [6, 6.07) is 16.4. The number of hydrogen-bond donors (Lipinski definition) is 1. The van der Waals surface area contributed by atoms with E-state index in [9.17, 15) is 0 Å². The van der Waals surface area contributed by atoms with E-state index in [1.165, 1.54) is 11.1 Å². The molecule has 2 aromatic carbocycles. The van der Waals surface area contributed by atoms with Gasteiger partial charge in [0.1, 0.15) is 11.9 Å². The van der Waals surface area contributed by atoms with Gasteiger partial charge in [-0.15, -0.1) is 0 Å². The minimum atomic E-state index is -0.121. The molecule has 0 saturated heterocycles. The van der Waals surface area contributed by atoms with Gasteiger partial charge in [-0.1, -0.05) is 49.4 Å². The van der Waals surface area contributed by atoms with E-state index in [4.69, 9.17) is 10.5 Å². The molecule has 0 spiro atoms. The summed E-state index contributed by atoms with van der Waals surface area (Å²) < 4.78 is 6.24. The molecule has 0 aliphatic rings. The van der Waals surface area contributed by atoms with Crippen molar-refractivity contribution in [3.8, 4) is 5.75 Å². The number of ether oxygens (including phenoxy) is 1. The third-order valence-electron chi connectivity index (χ3n) is 3.58. The number of aryl methyl sites for hydroxylation is 2. The van der Waals surface area contributed by atoms with Gasteiger partial charge in [0.15, 0.2) is 0 Å². The van der Waals surface area contributed by atoms with Crippen LogP contribution < -0.4 is 10.5 Å². The number of rotatable bonds is 5. The van der Waals surface area contributed by atoms with Crippen LogP contribution in [0.15, 0.2) is 48.5 Å². The Kier molecular flexibility index (Phi) is 4.80. The summed E-state index contributed by atoms with van der Waals surface area (Å²) in [7, 11) is 0. The summed E-state index contributed by atoms with van der Waals surface area (Å²) in [5.41, 5.74) is 9.74. The summed E-state index contributed by atoms with van der Waals surface area (Å²) in [6.45, 7) is 6.22. The lowest BCUT2D eigenvalue weighted by molar-refractivity contribution is 0.178. The van der Waals surface area contributed by atoms with Crippen molar-refractivity contribution >= 4 is 0 Å². The van der Waals surface area contributed by atoms with E-state index in [-0.39, 0.29) is 12.1 Å². The minimum Gasteiger partial charge on any atom is -0.484 e. The fraction of sp³-hybridized carbons (Fsp3) is 0.333. The van der Waals surface area contributed by atoms with Gasteiger partial charge in [0.2, 0.25) is 0 Å². The van der Waals surface area contributed by atoms with Crippen LogP contribution >= 0.6 is 0 Å². The number of hydrogen-bond acceptors (Lipinski definition) is 2. The van der Waals surface area contributed by atoms with Crippen LogP contribution in [0.2, 0.25) is 0 Å². The highest BCUT2D eigenvalue weighted by molar-refractivity contribution is 5.35. The molecule has 106 valence electrons. The average molecular weight is 269 g/mol. The Labute approximate surface area is 121 Å². The predicted molar refractivity (Wildman–Crippen MR) is 84.0 cm³/mol. The third-order valence-corrected chi connectivity index (χ3v) is 3.58. The highest BCUT2D eigenvalue weighted by Crippen LogP contribution is 2.29. The first-order chi connectivity index (χ1) is 9.63. The minimum absolute atomic E-state index is 0.0685. The zero-order valence-electron chi connectivity index (χ0n) is 12.5. The Morgan fingerprint density at radius 1 is 1.05 bits per heavy atom. The molecule has 0 aliphatic carbocycles. The van der Waals surface area contributed by atoms with Crippen LogP contribution in [0.1, 0.15) is 36.6 Å². The molecule has 0 bridgehead atoms. The summed E-state index contributed by atoms with van der Waals surface area (Å²) in [6.07, 6.45) is 0.833. The molecule has 0 fully saturated rings. The lowest BCUT2D eigenvalue weighted by Gasteiger charge is -2.25. The van der Waals surface area contributed by atoms with Gasteiger partial charge in [0.25, 0.3) is 0 Å². The van der Waals surface area contributed by atoms with E-state index in [1.54, 1.807) is 0 Å². The van der Waals surface area contributed by atoms with Gasteiger partial charge in [-0.3, -0.25) is 0 Å². The predicted octanol–water partition coefficient (Wildman–Crippen LogP) is 4.02. The SMILES string of the molecule is CCc1ccccc1OC(c1ccccc1C)C(C)N. The summed E-state index contributed by atoms with van der Waals surface area (Å²) in [5, 5.41) is 0. The first-order valence-corrected chi connectivity index (χ1v) is 7.19. The Morgan fingerprint density at radius 3 is 2.35 bits per heavy atom. The number of para-hydroxylation sites is 1. The van der Waals surface area contributed by atoms with Crippen LogP contribution in [0.3, 0.4) is 0 Å². The largest absolute Gasteiger partial charge is 0.484 e. The third kappa shape index (κ3) is 3.20. The van der Waals surface area contributed by atoms with Gasteiger partial charge in [-0.25, -0.2) is 0 Å². The van der Waals surface area contributed by atoms with E-state index in [0.717, 1.165) is 17.7 Å². The van der Waals surface area contributed by atoms with Gasteiger partial charge in [-0.2, -0.15) is 0 Å². The van der Waals surface area contributed by atoms with Crippen molar-refractivity contribution in [2.75, 3.05) is 0 Å². The van der Waals surface area contributed by atoms with Gasteiger partial charge in [-0.05, 0) is 43.0 Å². The molecule has 0 saturated carbocycles. The molecular formula is C18H23NO. The zero-order chi connectivity index (χ0) is 14.5. The smallest absolute Gasteiger partial charge is 0.139 e. The molecular weight excluding hydrogens is 246 g/mol. The first-order valence-electron chi connectivity index (χ1n) is 7.19. The second kappa shape index (κ2) is 6.58. The topological polar surface area (TPSA) is 35.2 Å². The van der Waals surface area contributed by atoms with Crippen LogP contribution in [-0.4, -0.2) is 6.04 Å². The molecule has 2 atom stereocenters. The molecule has 0 aromatic heterocycles. The molecule has 0 heterocycles. The fourth-order valence-corrected chi connectivity index (χ4v) is 2.41. The maximum absolute atomic E-state index is 6.24. The fourth-order valence-electron chi connectivity index (χ4n) is 2.41. The van der Waals surface area contributed by atoms with Crippen molar-refractivity contribution in [1.29, 1.82) is 0 Å². The first kappa shape index (κ1) is 14.6. The zero-order valence-corrected chi connectivity index (χ0v) is 12.5. The molecule has 2 unspecified atom stereocenters. The quantitative estimate of drug-likeness (QED) is 0.889. The molecule has 2 N–H and O–H groups in total. The van der Waals surface area contributed by atoms with Gasteiger partial charge >= 0.3 is 0 Å². The monoisotopic (exact) mass is 269 g/mol. The molecule has 2 nitrogen and oxygen atoms in total. The Balaban J connectivity index is 2.34. The second-order valence-corrected chi connectivity index (χ2v) is 5.22. The van der Waals surface area contributed by atoms with Crippen molar-refractivity contribution in [1.82, 2.24) is 0 Å². The standard InChI is InChI=1S/C18H23NO/c1-4-15-10-6-8-12-17(15)20-18(14(3)19)16-11-7-5-9-13(16)2/h5-12,14,18H,4,19H2,1-3H3. The van der Waals surface area contributed by atoms with E-state index in [2.05, 4.69) is 32.0 Å². The Morgan fingerprint density at radius 2 is 1.70 bits per heavy atom. The van der Waals surface area contributed by atoms with Crippen LogP contribution in [0, 0.1) is 6.92 Å². The van der Waals surface area contributed by atoms with E-state index in [1.807, 2.05) is 37.3 Å².